The molecule has 0 saturated heterocycles. The van der Waals surface area contributed by atoms with Gasteiger partial charge >= 0.3 is 0 Å². The zero-order chi connectivity index (χ0) is 11.5. The van der Waals surface area contributed by atoms with Crippen molar-refractivity contribution in [1.29, 1.82) is 0 Å². The van der Waals surface area contributed by atoms with Crippen LogP contribution in [0, 0.1) is 6.92 Å². The number of hydrogen-bond acceptors (Lipinski definition) is 2. The fourth-order valence-electron chi connectivity index (χ4n) is 2.39. The Kier molecular flexibility index (Phi) is 3.49. The summed E-state index contributed by atoms with van der Waals surface area (Å²) in [4.78, 5) is 0. The van der Waals surface area contributed by atoms with Gasteiger partial charge in [-0.25, -0.2) is 0 Å². The summed E-state index contributed by atoms with van der Waals surface area (Å²) in [7, 11) is 0. The number of aryl methyl sites for hydroxylation is 2. The second-order valence-corrected chi connectivity index (χ2v) is 4.90. The molecule has 0 aromatic heterocycles. The molecule has 2 nitrogen and oxygen atoms in total. The Morgan fingerprint density at radius 1 is 1.38 bits per heavy atom. The summed E-state index contributed by atoms with van der Waals surface area (Å²) in [6.07, 6.45) is 4.44. The van der Waals surface area contributed by atoms with Gasteiger partial charge < -0.3 is 10.5 Å². The standard InChI is InChI=1S/C14H21NO/c1-10-7-12-5-3-4-6-16-14(12)13(8-10)9-11(2)15/h7-8,11H,3-6,9,15H2,1-2H3. The van der Waals surface area contributed by atoms with Gasteiger partial charge in [0.1, 0.15) is 5.75 Å². The van der Waals surface area contributed by atoms with Crippen molar-refractivity contribution < 1.29 is 4.74 Å². The number of nitrogens with two attached hydrogens (primary N) is 1. The van der Waals surface area contributed by atoms with Crippen LogP contribution in [0.4, 0.5) is 0 Å². The molecule has 1 aromatic rings. The third-order valence-corrected chi connectivity index (χ3v) is 3.02. The van der Waals surface area contributed by atoms with Crippen molar-refractivity contribution in [2.75, 3.05) is 6.61 Å². The smallest absolute Gasteiger partial charge is 0.125 e. The number of fused-ring (bicyclic) bond motifs is 1. The molecular weight excluding hydrogens is 198 g/mol. The van der Waals surface area contributed by atoms with Gasteiger partial charge in [0, 0.05) is 6.04 Å². The normalized spacial score (nSPS) is 17.2. The second-order valence-electron chi connectivity index (χ2n) is 4.90. The molecule has 0 saturated carbocycles. The lowest BCUT2D eigenvalue weighted by Crippen LogP contribution is -2.18. The zero-order valence-corrected chi connectivity index (χ0v) is 10.3. The first-order valence-corrected chi connectivity index (χ1v) is 6.17. The Morgan fingerprint density at radius 2 is 2.19 bits per heavy atom. The van der Waals surface area contributed by atoms with Crippen LogP contribution in [0.5, 0.6) is 5.75 Å². The maximum Gasteiger partial charge on any atom is 0.125 e. The first-order valence-electron chi connectivity index (χ1n) is 6.17. The molecule has 0 radical (unpaired) electrons. The van der Waals surface area contributed by atoms with Gasteiger partial charge in [0.2, 0.25) is 0 Å². The van der Waals surface area contributed by atoms with Crippen molar-refractivity contribution in [2.24, 2.45) is 5.73 Å². The first kappa shape index (κ1) is 11.5. The van der Waals surface area contributed by atoms with Crippen LogP contribution in [0.2, 0.25) is 0 Å². The molecule has 0 aliphatic carbocycles. The molecule has 2 heteroatoms. The summed E-state index contributed by atoms with van der Waals surface area (Å²) in [5.74, 6) is 1.11. The third kappa shape index (κ3) is 2.56. The average Bonchev–Trinajstić information content (AvgIpc) is 2.41. The number of hydrogen-bond donors (Lipinski definition) is 1. The first-order chi connectivity index (χ1) is 7.66. The van der Waals surface area contributed by atoms with Crippen molar-refractivity contribution >= 4 is 0 Å². The van der Waals surface area contributed by atoms with Crippen LogP contribution in [-0.4, -0.2) is 12.6 Å². The largest absolute Gasteiger partial charge is 0.493 e. The van der Waals surface area contributed by atoms with E-state index in [4.69, 9.17) is 10.5 Å². The molecule has 1 atom stereocenters. The lowest BCUT2D eigenvalue weighted by atomic mass is 9.97. The van der Waals surface area contributed by atoms with Crippen LogP contribution in [0.25, 0.3) is 0 Å². The van der Waals surface area contributed by atoms with E-state index in [1.165, 1.54) is 23.1 Å². The van der Waals surface area contributed by atoms with Crippen molar-refractivity contribution in [2.45, 2.75) is 45.6 Å². The summed E-state index contributed by atoms with van der Waals surface area (Å²) < 4.78 is 5.88. The number of benzene rings is 1. The van der Waals surface area contributed by atoms with Crippen molar-refractivity contribution in [1.82, 2.24) is 0 Å². The van der Waals surface area contributed by atoms with Crippen molar-refractivity contribution in [3.05, 3.63) is 28.8 Å². The maximum atomic E-state index is 5.89. The molecule has 1 aromatic carbocycles. The van der Waals surface area contributed by atoms with E-state index in [1.807, 2.05) is 6.92 Å². The Balaban J connectivity index is 2.38. The topological polar surface area (TPSA) is 35.2 Å². The maximum absolute atomic E-state index is 5.89. The highest BCUT2D eigenvalue weighted by atomic mass is 16.5. The third-order valence-electron chi connectivity index (χ3n) is 3.02. The van der Waals surface area contributed by atoms with Gasteiger partial charge in [-0.3, -0.25) is 0 Å². The summed E-state index contributed by atoms with van der Waals surface area (Å²) in [6, 6.07) is 4.66. The predicted molar refractivity (Wildman–Crippen MR) is 67.0 cm³/mol. The molecule has 0 spiro atoms. The lowest BCUT2D eigenvalue weighted by Gasteiger charge is -2.15. The van der Waals surface area contributed by atoms with Crippen LogP contribution in [-0.2, 0) is 12.8 Å². The molecule has 88 valence electrons. The fraction of sp³-hybridized carbons (Fsp3) is 0.571. The Morgan fingerprint density at radius 3 is 2.94 bits per heavy atom. The highest BCUT2D eigenvalue weighted by Gasteiger charge is 2.15. The highest BCUT2D eigenvalue weighted by Crippen LogP contribution is 2.30. The summed E-state index contributed by atoms with van der Waals surface area (Å²) in [6.45, 7) is 5.04. The average molecular weight is 219 g/mol. The van der Waals surface area contributed by atoms with E-state index >= 15 is 0 Å². The molecule has 1 aliphatic heterocycles. The zero-order valence-electron chi connectivity index (χ0n) is 10.3. The van der Waals surface area contributed by atoms with Crippen LogP contribution < -0.4 is 10.5 Å². The molecule has 0 fully saturated rings. The molecular formula is C14H21NO. The van der Waals surface area contributed by atoms with Crippen LogP contribution >= 0.6 is 0 Å². The molecule has 2 N–H and O–H groups in total. The van der Waals surface area contributed by atoms with E-state index in [-0.39, 0.29) is 6.04 Å². The van der Waals surface area contributed by atoms with E-state index in [1.54, 1.807) is 0 Å². The molecule has 16 heavy (non-hydrogen) atoms. The minimum absolute atomic E-state index is 0.192. The van der Waals surface area contributed by atoms with Gasteiger partial charge in [0.05, 0.1) is 6.61 Å². The van der Waals surface area contributed by atoms with E-state index in [9.17, 15) is 0 Å². The second kappa shape index (κ2) is 4.88. The SMILES string of the molecule is Cc1cc2c(c(CC(C)N)c1)OCCCC2. The summed E-state index contributed by atoms with van der Waals surface area (Å²) >= 11 is 0. The van der Waals surface area contributed by atoms with Crippen molar-refractivity contribution in [3.63, 3.8) is 0 Å². The highest BCUT2D eigenvalue weighted by molar-refractivity contribution is 5.45. The van der Waals surface area contributed by atoms with E-state index < -0.39 is 0 Å². The minimum Gasteiger partial charge on any atom is -0.493 e. The Hall–Kier alpha value is -1.02. The predicted octanol–water partition coefficient (Wildman–Crippen LogP) is 2.60. The molecule has 1 unspecified atom stereocenters. The Labute approximate surface area is 97.8 Å². The van der Waals surface area contributed by atoms with Gasteiger partial charge in [0.15, 0.2) is 0 Å². The van der Waals surface area contributed by atoms with E-state index in [0.717, 1.165) is 31.6 Å². The van der Waals surface area contributed by atoms with Crippen LogP contribution in [0.3, 0.4) is 0 Å². The quantitative estimate of drug-likeness (QED) is 0.829. The summed E-state index contributed by atoms with van der Waals surface area (Å²) in [5, 5.41) is 0. The number of ether oxygens (including phenoxy) is 1. The molecule has 1 heterocycles. The monoisotopic (exact) mass is 219 g/mol. The van der Waals surface area contributed by atoms with Gasteiger partial charge in [-0.2, -0.15) is 0 Å². The van der Waals surface area contributed by atoms with Crippen LogP contribution in [0.1, 0.15) is 36.5 Å². The van der Waals surface area contributed by atoms with E-state index in [0.29, 0.717) is 0 Å². The molecule has 2 rings (SSSR count). The molecule has 1 aliphatic rings. The van der Waals surface area contributed by atoms with Gasteiger partial charge in [-0.1, -0.05) is 17.7 Å². The fourth-order valence-corrected chi connectivity index (χ4v) is 2.39. The van der Waals surface area contributed by atoms with Gasteiger partial charge in [0.25, 0.3) is 0 Å². The lowest BCUT2D eigenvalue weighted by molar-refractivity contribution is 0.313. The Bertz CT molecular complexity index is 371. The van der Waals surface area contributed by atoms with Gasteiger partial charge in [-0.05, 0) is 50.7 Å². The van der Waals surface area contributed by atoms with Crippen LogP contribution in [0.15, 0.2) is 12.1 Å². The minimum atomic E-state index is 0.192. The number of rotatable bonds is 2. The van der Waals surface area contributed by atoms with E-state index in [2.05, 4.69) is 19.1 Å². The molecule has 0 amide bonds. The summed E-state index contributed by atoms with van der Waals surface area (Å²) in [5.41, 5.74) is 9.86. The van der Waals surface area contributed by atoms with Gasteiger partial charge in [-0.15, -0.1) is 0 Å². The van der Waals surface area contributed by atoms with Crippen molar-refractivity contribution in [3.8, 4) is 5.75 Å². The molecule has 0 bridgehead atoms.